The molecule has 2 aromatic heterocycles. The molecule has 3 N–H and O–H groups in total. The number of anilines is 1. The summed E-state index contributed by atoms with van der Waals surface area (Å²) in [5, 5.41) is 13.4. The van der Waals surface area contributed by atoms with E-state index in [9.17, 15) is 9.59 Å². The molecule has 35 heavy (non-hydrogen) atoms. The molecule has 1 aromatic carbocycles. The van der Waals surface area contributed by atoms with Gasteiger partial charge in [0.2, 0.25) is 5.91 Å². The summed E-state index contributed by atoms with van der Waals surface area (Å²) in [7, 11) is 0. The van der Waals surface area contributed by atoms with Crippen LogP contribution in [0.3, 0.4) is 0 Å². The Morgan fingerprint density at radius 2 is 2.14 bits per heavy atom. The number of primary amides is 1. The Balaban J connectivity index is 1.40. The van der Waals surface area contributed by atoms with Gasteiger partial charge in [-0.05, 0) is 49.8 Å². The third-order valence-electron chi connectivity index (χ3n) is 5.70. The Morgan fingerprint density at radius 3 is 2.89 bits per heavy atom. The van der Waals surface area contributed by atoms with E-state index < -0.39 is 5.91 Å². The number of hydrogen-bond acceptors (Lipinski definition) is 7. The van der Waals surface area contributed by atoms with Gasteiger partial charge < -0.3 is 20.4 Å². The van der Waals surface area contributed by atoms with Crippen molar-refractivity contribution >= 4 is 63.1 Å². The van der Waals surface area contributed by atoms with Gasteiger partial charge in [-0.25, -0.2) is 0 Å². The predicted molar refractivity (Wildman–Crippen MR) is 140 cm³/mol. The Kier molecular flexibility index (Phi) is 8.26. The van der Waals surface area contributed by atoms with E-state index in [1.807, 2.05) is 11.5 Å². The molecule has 1 atom stereocenters. The monoisotopic (exact) mass is 553 g/mol. The topological polar surface area (TPSA) is 112 Å². The summed E-state index contributed by atoms with van der Waals surface area (Å²) in [5.41, 5.74) is 7.08. The molecule has 4 rings (SSSR count). The Morgan fingerprint density at radius 1 is 1.34 bits per heavy atom. The molecule has 12 heteroatoms. The molecular weight excluding hydrogens is 529 g/mol. The number of carbonyl (C=O) groups excluding carboxylic acids is 2. The highest BCUT2D eigenvalue weighted by molar-refractivity contribution is 7.99. The van der Waals surface area contributed by atoms with Crippen LogP contribution in [0, 0.1) is 5.92 Å². The van der Waals surface area contributed by atoms with E-state index in [4.69, 9.17) is 33.7 Å². The molecule has 1 aliphatic carbocycles. The lowest BCUT2D eigenvalue weighted by Gasteiger charge is -2.18. The molecule has 1 unspecified atom stereocenters. The van der Waals surface area contributed by atoms with Crippen LogP contribution in [-0.4, -0.2) is 32.3 Å². The molecule has 1 aliphatic rings. The molecule has 8 nitrogen and oxygen atoms in total. The number of thioether (sulfide) groups is 1. The van der Waals surface area contributed by atoms with E-state index in [2.05, 4.69) is 22.4 Å². The van der Waals surface area contributed by atoms with Gasteiger partial charge >= 0.3 is 0 Å². The SMILES string of the molecule is CCn1c(COc2cc(Cl)ccc2Cl)nnc1SCC(=O)Nc1sc2c(c1C(N)=O)CCC(C)C2. The van der Waals surface area contributed by atoms with Crippen LogP contribution in [0.4, 0.5) is 5.00 Å². The quantitative estimate of drug-likeness (QED) is 0.352. The molecule has 0 aliphatic heterocycles. The summed E-state index contributed by atoms with van der Waals surface area (Å²) in [4.78, 5) is 26.0. The highest BCUT2D eigenvalue weighted by Crippen LogP contribution is 2.39. The molecule has 186 valence electrons. The normalized spacial score (nSPS) is 15.0. The number of ether oxygens (including phenoxy) is 1. The first kappa shape index (κ1) is 25.8. The molecule has 0 bridgehead atoms. The molecular formula is C23H25Cl2N5O3S2. The van der Waals surface area contributed by atoms with Crippen molar-refractivity contribution in [2.45, 2.75) is 51.4 Å². The number of benzene rings is 1. The second-order valence-corrected chi connectivity index (χ2v) is 11.2. The minimum atomic E-state index is -0.504. The van der Waals surface area contributed by atoms with Crippen LogP contribution in [0.25, 0.3) is 0 Å². The predicted octanol–water partition coefficient (Wildman–Crippen LogP) is 5.20. The van der Waals surface area contributed by atoms with Crippen molar-refractivity contribution in [3.8, 4) is 5.75 Å². The number of aromatic nitrogens is 3. The average Bonchev–Trinajstić information content (AvgIpc) is 3.37. The lowest BCUT2D eigenvalue weighted by molar-refractivity contribution is -0.113. The van der Waals surface area contributed by atoms with Crippen molar-refractivity contribution in [1.29, 1.82) is 0 Å². The summed E-state index contributed by atoms with van der Waals surface area (Å²) in [5.74, 6) is 0.971. The molecule has 0 radical (unpaired) electrons. The molecule has 2 amide bonds. The van der Waals surface area contributed by atoms with Crippen LogP contribution in [-0.2, 0) is 30.8 Å². The van der Waals surface area contributed by atoms with Crippen LogP contribution in [0.15, 0.2) is 23.4 Å². The first-order valence-corrected chi connectivity index (χ1v) is 13.7. The van der Waals surface area contributed by atoms with Crippen molar-refractivity contribution < 1.29 is 14.3 Å². The highest BCUT2D eigenvalue weighted by atomic mass is 35.5. The fraction of sp³-hybridized carbons (Fsp3) is 0.391. The zero-order chi connectivity index (χ0) is 25.1. The molecule has 0 spiro atoms. The average molecular weight is 555 g/mol. The van der Waals surface area contributed by atoms with Crippen molar-refractivity contribution in [3.05, 3.63) is 50.1 Å². The van der Waals surface area contributed by atoms with Gasteiger partial charge in [0.15, 0.2) is 11.0 Å². The second-order valence-electron chi connectivity index (χ2n) is 8.26. The summed E-state index contributed by atoms with van der Waals surface area (Å²) in [6.45, 7) is 4.89. The third-order valence-corrected chi connectivity index (χ3v) is 8.39. The Labute approximate surface area is 221 Å². The van der Waals surface area contributed by atoms with Crippen molar-refractivity contribution in [1.82, 2.24) is 14.8 Å². The van der Waals surface area contributed by atoms with Gasteiger partial charge in [0.1, 0.15) is 17.4 Å². The van der Waals surface area contributed by atoms with Crippen molar-refractivity contribution in [2.24, 2.45) is 11.7 Å². The molecule has 0 fully saturated rings. The maximum Gasteiger partial charge on any atom is 0.251 e. The molecule has 2 heterocycles. The standard InChI is InChI=1S/C23H25Cl2N5O3S2/c1-3-30-18(10-33-16-9-13(24)5-7-15(16)25)28-29-23(30)34-11-19(31)27-22-20(21(26)32)14-6-4-12(2)8-17(14)35-22/h5,7,9,12H,3-4,6,8,10-11H2,1-2H3,(H2,26,32)(H,27,31). The lowest BCUT2D eigenvalue weighted by atomic mass is 9.88. The fourth-order valence-corrected chi connectivity index (χ4v) is 6.56. The van der Waals surface area contributed by atoms with E-state index in [1.165, 1.54) is 23.1 Å². The molecule has 0 saturated carbocycles. The van der Waals surface area contributed by atoms with Gasteiger partial charge in [-0.1, -0.05) is 41.9 Å². The third kappa shape index (κ3) is 5.94. The number of carbonyl (C=O) groups is 2. The largest absolute Gasteiger partial charge is 0.484 e. The number of hydrogen-bond donors (Lipinski definition) is 2. The van der Waals surface area contributed by atoms with Gasteiger partial charge in [-0.2, -0.15) is 0 Å². The van der Waals surface area contributed by atoms with Crippen LogP contribution in [0.5, 0.6) is 5.75 Å². The van der Waals surface area contributed by atoms with Crippen LogP contribution in [0.2, 0.25) is 10.0 Å². The number of rotatable bonds is 9. The van der Waals surface area contributed by atoms with Gasteiger partial charge in [-0.3, -0.25) is 9.59 Å². The van der Waals surface area contributed by atoms with E-state index in [1.54, 1.807) is 18.2 Å². The number of thiophene rings is 1. The number of amides is 2. The number of nitrogens with zero attached hydrogens (tertiary/aromatic N) is 3. The maximum atomic E-state index is 12.7. The number of nitrogens with two attached hydrogens (primary N) is 1. The first-order valence-electron chi connectivity index (χ1n) is 11.1. The zero-order valence-corrected chi connectivity index (χ0v) is 22.4. The van der Waals surface area contributed by atoms with Gasteiger partial charge in [0, 0.05) is 22.5 Å². The number of nitrogens with one attached hydrogen (secondary N) is 1. The van der Waals surface area contributed by atoms with Gasteiger partial charge in [0.25, 0.3) is 5.91 Å². The lowest BCUT2D eigenvalue weighted by Crippen LogP contribution is -2.20. The summed E-state index contributed by atoms with van der Waals surface area (Å²) < 4.78 is 7.65. The second kappa shape index (κ2) is 11.2. The zero-order valence-electron chi connectivity index (χ0n) is 19.3. The van der Waals surface area contributed by atoms with E-state index >= 15 is 0 Å². The number of halogens is 2. The van der Waals surface area contributed by atoms with E-state index in [0.717, 1.165) is 29.7 Å². The fourth-order valence-electron chi connectivity index (χ4n) is 3.97. The Bertz CT molecular complexity index is 1260. The summed E-state index contributed by atoms with van der Waals surface area (Å²) in [6.07, 6.45) is 2.71. The minimum absolute atomic E-state index is 0.107. The maximum absolute atomic E-state index is 12.7. The van der Waals surface area contributed by atoms with E-state index in [0.29, 0.717) is 49.8 Å². The van der Waals surface area contributed by atoms with Crippen molar-refractivity contribution in [2.75, 3.05) is 11.1 Å². The van der Waals surface area contributed by atoms with Crippen LogP contribution in [0.1, 0.15) is 46.9 Å². The molecule has 3 aromatic rings. The van der Waals surface area contributed by atoms with Gasteiger partial charge in [0.05, 0.1) is 16.3 Å². The van der Waals surface area contributed by atoms with Crippen molar-refractivity contribution in [3.63, 3.8) is 0 Å². The Hall–Kier alpha value is -2.27. The highest BCUT2D eigenvalue weighted by Gasteiger charge is 2.27. The summed E-state index contributed by atoms with van der Waals surface area (Å²) in [6, 6.07) is 4.99. The van der Waals surface area contributed by atoms with Crippen LogP contribution < -0.4 is 15.8 Å². The smallest absolute Gasteiger partial charge is 0.251 e. The summed E-state index contributed by atoms with van der Waals surface area (Å²) >= 11 is 14.9. The first-order chi connectivity index (χ1) is 16.8. The molecule has 0 saturated heterocycles. The van der Waals surface area contributed by atoms with Crippen LogP contribution >= 0.6 is 46.3 Å². The van der Waals surface area contributed by atoms with Gasteiger partial charge in [-0.15, -0.1) is 21.5 Å². The van der Waals surface area contributed by atoms with E-state index in [-0.39, 0.29) is 18.3 Å². The minimum Gasteiger partial charge on any atom is -0.484 e. The number of fused-ring (bicyclic) bond motifs is 1.